The van der Waals surface area contributed by atoms with Crippen LogP contribution in [0.5, 0.6) is 0 Å². The Balaban J connectivity index is 2.44. The Morgan fingerprint density at radius 3 is 2.88 bits per heavy atom. The maximum atomic E-state index is 12.0. The molecule has 0 unspecified atom stereocenters. The van der Waals surface area contributed by atoms with Gasteiger partial charge in [-0.25, -0.2) is 0 Å². The number of halogens is 1. The van der Waals surface area contributed by atoms with Gasteiger partial charge in [-0.1, -0.05) is 6.07 Å². The second kappa shape index (κ2) is 4.71. The van der Waals surface area contributed by atoms with E-state index in [0.717, 1.165) is 11.3 Å². The van der Waals surface area contributed by atoms with E-state index in [4.69, 9.17) is 5.73 Å². The first-order chi connectivity index (χ1) is 8.09. The molecule has 4 nitrogen and oxygen atoms in total. The first-order valence-corrected chi connectivity index (χ1v) is 5.94. The Kier molecular flexibility index (Phi) is 3.28. The molecule has 2 aromatic rings. The van der Waals surface area contributed by atoms with E-state index >= 15 is 0 Å². The van der Waals surface area contributed by atoms with Crippen LogP contribution in [0.25, 0.3) is 0 Å². The molecule has 5 heteroatoms. The summed E-state index contributed by atoms with van der Waals surface area (Å²) >= 11 is 3.26. The highest BCUT2D eigenvalue weighted by molar-refractivity contribution is 9.10. The van der Waals surface area contributed by atoms with Crippen LogP contribution in [0.2, 0.25) is 0 Å². The van der Waals surface area contributed by atoms with Gasteiger partial charge in [0.1, 0.15) is 0 Å². The second-order valence-corrected chi connectivity index (χ2v) is 4.57. The summed E-state index contributed by atoms with van der Waals surface area (Å²) in [6.07, 6.45) is 3.35. The zero-order valence-electron chi connectivity index (χ0n) is 9.35. The Hall–Kier alpha value is -1.62. The van der Waals surface area contributed by atoms with Crippen LogP contribution in [0.4, 0.5) is 5.69 Å². The summed E-state index contributed by atoms with van der Waals surface area (Å²) in [7, 11) is 0. The van der Waals surface area contributed by atoms with E-state index in [1.54, 1.807) is 17.0 Å². The Labute approximate surface area is 107 Å². The molecule has 0 aromatic carbocycles. The van der Waals surface area contributed by atoms with Crippen molar-refractivity contribution in [2.24, 2.45) is 0 Å². The van der Waals surface area contributed by atoms with Crippen molar-refractivity contribution in [3.05, 3.63) is 56.7 Å². The van der Waals surface area contributed by atoms with Gasteiger partial charge in [0.2, 0.25) is 0 Å². The minimum atomic E-state index is -0.0950. The quantitative estimate of drug-likeness (QED) is 0.921. The third-order valence-electron chi connectivity index (χ3n) is 2.56. The predicted octanol–water partition coefficient (Wildman–Crippen LogP) is 1.94. The SMILES string of the molecule is Cc1c(N)cn(Cc2ccccn2)c(=O)c1Br. The minimum Gasteiger partial charge on any atom is -0.397 e. The van der Waals surface area contributed by atoms with Crippen molar-refractivity contribution >= 4 is 21.6 Å². The van der Waals surface area contributed by atoms with Gasteiger partial charge in [0, 0.05) is 12.4 Å². The molecular weight excluding hydrogens is 282 g/mol. The molecule has 0 amide bonds. The van der Waals surface area contributed by atoms with Gasteiger partial charge in [0.05, 0.1) is 22.4 Å². The molecule has 2 heterocycles. The summed E-state index contributed by atoms with van der Waals surface area (Å²) in [6, 6.07) is 5.60. The Morgan fingerprint density at radius 2 is 2.24 bits per heavy atom. The van der Waals surface area contributed by atoms with Crippen LogP contribution in [0.15, 0.2) is 39.9 Å². The second-order valence-electron chi connectivity index (χ2n) is 3.78. The molecule has 0 saturated carbocycles. The standard InChI is InChI=1S/C12H12BrN3O/c1-8-10(14)7-16(12(17)11(8)13)6-9-4-2-3-5-15-9/h2-5,7H,6,14H2,1H3. The van der Waals surface area contributed by atoms with E-state index < -0.39 is 0 Å². The maximum Gasteiger partial charge on any atom is 0.265 e. The zero-order chi connectivity index (χ0) is 12.4. The van der Waals surface area contributed by atoms with Gasteiger partial charge < -0.3 is 10.3 Å². The number of nitrogens with zero attached hydrogens (tertiary/aromatic N) is 2. The van der Waals surface area contributed by atoms with Gasteiger partial charge in [0.25, 0.3) is 5.56 Å². The average Bonchev–Trinajstić information content (AvgIpc) is 2.35. The number of rotatable bonds is 2. The zero-order valence-corrected chi connectivity index (χ0v) is 10.9. The monoisotopic (exact) mass is 293 g/mol. The lowest BCUT2D eigenvalue weighted by molar-refractivity contribution is 0.735. The van der Waals surface area contributed by atoms with Crippen molar-refractivity contribution in [1.82, 2.24) is 9.55 Å². The molecule has 0 bridgehead atoms. The molecule has 0 aliphatic rings. The van der Waals surface area contributed by atoms with Crippen molar-refractivity contribution in [3.8, 4) is 0 Å². The molecule has 88 valence electrons. The summed E-state index contributed by atoms with van der Waals surface area (Å²) in [5.41, 5.74) is 7.92. The number of nitrogens with two attached hydrogens (primary N) is 1. The summed E-state index contributed by atoms with van der Waals surface area (Å²) < 4.78 is 2.06. The van der Waals surface area contributed by atoms with Crippen molar-refractivity contribution < 1.29 is 0 Å². The largest absolute Gasteiger partial charge is 0.397 e. The van der Waals surface area contributed by atoms with Crippen molar-refractivity contribution in [2.75, 3.05) is 5.73 Å². The molecule has 2 aromatic heterocycles. The lowest BCUT2D eigenvalue weighted by Gasteiger charge is -2.09. The van der Waals surface area contributed by atoms with Crippen LogP contribution in [0.3, 0.4) is 0 Å². The molecule has 17 heavy (non-hydrogen) atoms. The number of aromatic nitrogens is 2. The summed E-state index contributed by atoms with van der Waals surface area (Å²) in [5, 5.41) is 0. The number of hydrogen-bond acceptors (Lipinski definition) is 3. The van der Waals surface area contributed by atoms with Crippen LogP contribution >= 0.6 is 15.9 Å². The highest BCUT2D eigenvalue weighted by atomic mass is 79.9. The van der Waals surface area contributed by atoms with Crippen LogP contribution < -0.4 is 11.3 Å². The van der Waals surface area contributed by atoms with Crippen molar-refractivity contribution in [1.29, 1.82) is 0 Å². The predicted molar refractivity (Wildman–Crippen MR) is 70.9 cm³/mol. The molecular formula is C12H12BrN3O. The van der Waals surface area contributed by atoms with E-state index in [0.29, 0.717) is 16.7 Å². The molecule has 0 aliphatic heterocycles. The third kappa shape index (κ3) is 2.39. The molecule has 0 saturated heterocycles. The Morgan fingerprint density at radius 1 is 1.47 bits per heavy atom. The fourth-order valence-electron chi connectivity index (χ4n) is 1.52. The van der Waals surface area contributed by atoms with Gasteiger partial charge >= 0.3 is 0 Å². The van der Waals surface area contributed by atoms with Crippen LogP contribution in [0.1, 0.15) is 11.3 Å². The first-order valence-electron chi connectivity index (χ1n) is 5.14. The normalized spacial score (nSPS) is 10.5. The number of anilines is 1. The molecule has 0 fully saturated rings. The lowest BCUT2D eigenvalue weighted by Crippen LogP contribution is -2.23. The van der Waals surface area contributed by atoms with Crippen LogP contribution in [0, 0.1) is 6.92 Å². The van der Waals surface area contributed by atoms with E-state index in [1.807, 2.05) is 25.1 Å². The number of pyridine rings is 2. The number of hydrogen-bond donors (Lipinski definition) is 1. The minimum absolute atomic E-state index is 0.0950. The topological polar surface area (TPSA) is 60.9 Å². The summed E-state index contributed by atoms with van der Waals surface area (Å²) in [6.45, 7) is 2.23. The van der Waals surface area contributed by atoms with Crippen LogP contribution in [-0.4, -0.2) is 9.55 Å². The fourth-order valence-corrected chi connectivity index (χ4v) is 1.98. The fraction of sp³-hybridized carbons (Fsp3) is 0.167. The van der Waals surface area contributed by atoms with Gasteiger partial charge in [-0.3, -0.25) is 9.78 Å². The Bertz CT molecular complexity index is 593. The van der Waals surface area contributed by atoms with Gasteiger partial charge in [-0.05, 0) is 40.5 Å². The van der Waals surface area contributed by atoms with E-state index in [9.17, 15) is 4.79 Å². The lowest BCUT2D eigenvalue weighted by atomic mass is 10.2. The molecule has 2 rings (SSSR count). The molecule has 2 N–H and O–H groups in total. The molecule has 0 atom stereocenters. The maximum absolute atomic E-state index is 12.0. The highest BCUT2D eigenvalue weighted by Crippen LogP contribution is 2.17. The van der Waals surface area contributed by atoms with Crippen molar-refractivity contribution in [3.63, 3.8) is 0 Å². The average molecular weight is 294 g/mol. The molecule has 0 spiro atoms. The number of nitrogen functional groups attached to an aromatic ring is 1. The van der Waals surface area contributed by atoms with E-state index in [1.165, 1.54) is 0 Å². The van der Waals surface area contributed by atoms with Crippen molar-refractivity contribution in [2.45, 2.75) is 13.5 Å². The smallest absolute Gasteiger partial charge is 0.265 e. The molecule has 0 radical (unpaired) electrons. The van der Waals surface area contributed by atoms with Gasteiger partial charge in [0.15, 0.2) is 0 Å². The van der Waals surface area contributed by atoms with Gasteiger partial charge in [-0.2, -0.15) is 0 Å². The van der Waals surface area contributed by atoms with E-state index in [-0.39, 0.29) is 5.56 Å². The third-order valence-corrected chi connectivity index (χ3v) is 3.50. The highest BCUT2D eigenvalue weighted by Gasteiger charge is 2.08. The first kappa shape index (κ1) is 11.9. The van der Waals surface area contributed by atoms with Gasteiger partial charge in [-0.15, -0.1) is 0 Å². The molecule has 0 aliphatic carbocycles. The van der Waals surface area contributed by atoms with Crippen LogP contribution in [-0.2, 0) is 6.54 Å². The summed E-state index contributed by atoms with van der Waals surface area (Å²) in [5.74, 6) is 0. The summed E-state index contributed by atoms with van der Waals surface area (Å²) in [4.78, 5) is 16.2. The van der Waals surface area contributed by atoms with E-state index in [2.05, 4.69) is 20.9 Å².